The van der Waals surface area contributed by atoms with E-state index in [-0.39, 0.29) is 18.3 Å². The zero-order chi connectivity index (χ0) is 16.4. The second-order valence-corrected chi connectivity index (χ2v) is 6.49. The zero-order valence-corrected chi connectivity index (χ0v) is 14.7. The van der Waals surface area contributed by atoms with E-state index in [9.17, 15) is 4.79 Å². The molecule has 0 saturated heterocycles. The molecule has 2 nitrogen and oxygen atoms in total. The van der Waals surface area contributed by atoms with Gasteiger partial charge in [-0.1, -0.05) is 54.6 Å². The summed E-state index contributed by atoms with van der Waals surface area (Å²) in [5.41, 5.74) is 4.63. The number of halogens is 1. The van der Waals surface area contributed by atoms with Crippen molar-refractivity contribution in [3.8, 4) is 0 Å². The number of fused-ring (bicyclic) bond motifs is 1. The molecule has 1 aliphatic rings. The molecule has 3 aromatic rings. The van der Waals surface area contributed by atoms with E-state index in [2.05, 4.69) is 59.4 Å². The molecule has 0 amide bonds. The standard InChI is InChI=1S/C22H20NO.ClH/c24-22-20(15-19-8-4-5-9-21(19)22)14-17-10-12-23(13-11-17)16-18-6-2-1-3-7-18;/h1-13,20H,14-16H2;1H/q+1;/p-1. The third kappa shape index (κ3) is 3.80. The summed E-state index contributed by atoms with van der Waals surface area (Å²) in [7, 11) is 0. The van der Waals surface area contributed by atoms with E-state index in [4.69, 9.17) is 0 Å². The molecule has 0 N–H and O–H groups in total. The van der Waals surface area contributed by atoms with Gasteiger partial charge in [0.2, 0.25) is 0 Å². The lowest BCUT2D eigenvalue weighted by atomic mass is 9.96. The van der Waals surface area contributed by atoms with Crippen LogP contribution < -0.4 is 17.0 Å². The number of carbonyl (C=O) groups excluding carboxylic acids is 1. The molecule has 1 unspecified atom stereocenters. The number of hydrogen-bond donors (Lipinski definition) is 0. The molecule has 0 aliphatic heterocycles. The number of nitrogens with zero attached hydrogens (tertiary/aromatic N) is 1. The van der Waals surface area contributed by atoms with Crippen LogP contribution in [-0.2, 0) is 19.4 Å². The SMILES string of the molecule is O=C1c2ccccc2CC1Cc1cc[n+](Cc2ccccc2)cc1.[Cl-]. The number of benzene rings is 2. The predicted molar refractivity (Wildman–Crippen MR) is 93.9 cm³/mol. The fourth-order valence-electron chi connectivity index (χ4n) is 3.49. The number of carbonyl (C=O) groups is 1. The van der Waals surface area contributed by atoms with Gasteiger partial charge in [0.05, 0.1) is 0 Å². The van der Waals surface area contributed by atoms with Gasteiger partial charge in [0, 0.05) is 29.2 Å². The number of ketones is 1. The van der Waals surface area contributed by atoms with E-state index in [1.807, 2.05) is 24.3 Å². The van der Waals surface area contributed by atoms with E-state index in [0.717, 1.165) is 24.9 Å². The number of rotatable bonds is 4. The van der Waals surface area contributed by atoms with Crippen molar-refractivity contribution in [1.82, 2.24) is 0 Å². The number of pyridine rings is 1. The lowest BCUT2D eigenvalue weighted by molar-refractivity contribution is -0.688. The first-order valence-electron chi connectivity index (χ1n) is 8.43. The van der Waals surface area contributed by atoms with Crippen LogP contribution in [0.25, 0.3) is 0 Å². The van der Waals surface area contributed by atoms with Crippen molar-refractivity contribution < 1.29 is 21.8 Å². The second kappa shape index (κ2) is 7.62. The van der Waals surface area contributed by atoms with E-state index in [1.54, 1.807) is 0 Å². The highest BCUT2D eigenvalue weighted by Gasteiger charge is 2.30. The first-order chi connectivity index (χ1) is 11.8. The lowest BCUT2D eigenvalue weighted by Crippen LogP contribution is -3.00. The van der Waals surface area contributed by atoms with Gasteiger partial charge in [-0.15, -0.1) is 0 Å². The van der Waals surface area contributed by atoms with E-state index in [1.165, 1.54) is 16.7 Å². The molecule has 0 saturated carbocycles. The predicted octanol–water partition coefficient (Wildman–Crippen LogP) is 0.624. The van der Waals surface area contributed by atoms with Gasteiger partial charge in [-0.25, -0.2) is 4.57 Å². The third-order valence-electron chi connectivity index (χ3n) is 4.77. The zero-order valence-electron chi connectivity index (χ0n) is 13.9. The summed E-state index contributed by atoms with van der Waals surface area (Å²) in [4.78, 5) is 12.5. The summed E-state index contributed by atoms with van der Waals surface area (Å²) >= 11 is 0. The number of aromatic nitrogens is 1. The molecule has 1 aliphatic carbocycles. The maximum atomic E-state index is 12.5. The Bertz CT molecular complexity index is 859. The highest BCUT2D eigenvalue weighted by molar-refractivity contribution is 6.02. The minimum atomic E-state index is 0. The first kappa shape index (κ1) is 17.4. The Morgan fingerprint density at radius 3 is 2.24 bits per heavy atom. The van der Waals surface area contributed by atoms with Crippen LogP contribution >= 0.6 is 0 Å². The molecule has 1 aromatic heterocycles. The fourth-order valence-corrected chi connectivity index (χ4v) is 3.49. The van der Waals surface area contributed by atoms with Crippen molar-refractivity contribution in [2.24, 2.45) is 5.92 Å². The summed E-state index contributed by atoms with van der Waals surface area (Å²) in [6.45, 7) is 0.870. The Balaban J connectivity index is 0.00000182. The van der Waals surface area contributed by atoms with Crippen molar-refractivity contribution in [3.63, 3.8) is 0 Å². The van der Waals surface area contributed by atoms with Crippen molar-refractivity contribution in [3.05, 3.63) is 101 Å². The molecule has 0 bridgehead atoms. The van der Waals surface area contributed by atoms with E-state index < -0.39 is 0 Å². The van der Waals surface area contributed by atoms with Gasteiger partial charge < -0.3 is 12.4 Å². The minimum absolute atomic E-state index is 0. The highest BCUT2D eigenvalue weighted by atomic mass is 35.5. The van der Waals surface area contributed by atoms with Gasteiger partial charge in [-0.3, -0.25) is 4.79 Å². The van der Waals surface area contributed by atoms with Crippen LogP contribution in [0.2, 0.25) is 0 Å². The molecular weight excluding hydrogens is 330 g/mol. The van der Waals surface area contributed by atoms with Gasteiger partial charge in [-0.2, -0.15) is 0 Å². The molecule has 3 heteroatoms. The molecular formula is C22H20ClNO. The Labute approximate surface area is 154 Å². The molecule has 25 heavy (non-hydrogen) atoms. The average molecular weight is 350 g/mol. The van der Waals surface area contributed by atoms with Crippen molar-refractivity contribution in [2.75, 3.05) is 0 Å². The topological polar surface area (TPSA) is 20.9 Å². The van der Waals surface area contributed by atoms with E-state index >= 15 is 0 Å². The van der Waals surface area contributed by atoms with Gasteiger partial charge in [0.15, 0.2) is 24.7 Å². The summed E-state index contributed by atoms with van der Waals surface area (Å²) in [5, 5.41) is 0. The van der Waals surface area contributed by atoms with Crippen molar-refractivity contribution in [2.45, 2.75) is 19.4 Å². The first-order valence-corrected chi connectivity index (χ1v) is 8.43. The third-order valence-corrected chi connectivity index (χ3v) is 4.77. The Morgan fingerprint density at radius 2 is 1.52 bits per heavy atom. The normalized spacial score (nSPS) is 15.5. The van der Waals surface area contributed by atoms with Gasteiger partial charge in [0.1, 0.15) is 0 Å². The Hall–Kier alpha value is -2.45. The van der Waals surface area contributed by atoms with E-state index in [0.29, 0.717) is 5.78 Å². The molecule has 2 aromatic carbocycles. The van der Waals surface area contributed by atoms with Crippen molar-refractivity contribution >= 4 is 5.78 Å². The molecule has 0 spiro atoms. The van der Waals surface area contributed by atoms with Crippen LogP contribution in [0.3, 0.4) is 0 Å². The molecule has 0 fully saturated rings. The highest BCUT2D eigenvalue weighted by Crippen LogP contribution is 2.28. The summed E-state index contributed by atoms with van der Waals surface area (Å²) in [6, 6.07) is 22.7. The molecule has 0 radical (unpaired) electrons. The molecule has 126 valence electrons. The Morgan fingerprint density at radius 1 is 0.840 bits per heavy atom. The number of Topliss-reactive ketones (excluding diaryl/α,β-unsaturated/α-hetero) is 1. The van der Waals surface area contributed by atoms with Crippen LogP contribution in [0.4, 0.5) is 0 Å². The van der Waals surface area contributed by atoms with Gasteiger partial charge >= 0.3 is 0 Å². The van der Waals surface area contributed by atoms with Crippen LogP contribution in [0, 0.1) is 5.92 Å². The number of hydrogen-bond acceptors (Lipinski definition) is 1. The fraction of sp³-hybridized carbons (Fsp3) is 0.182. The summed E-state index contributed by atoms with van der Waals surface area (Å²) in [5.74, 6) is 0.388. The summed E-state index contributed by atoms with van der Waals surface area (Å²) < 4.78 is 2.17. The second-order valence-electron chi connectivity index (χ2n) is 6.49. The quantitative estimate of drug-likeness (QED) is 0.633. The average Bonchev–Trinajstić information content (AvgIpc) is 2.94. The van der Waals surface area contributed by atoms with Gasteiger partial charge in [-0.05, 0) is 24.0 Å². The minimum Gasteiger partial charge on any atom is -1.00 e. The largest absolute Gasteiger partial charge is 1.00 e. The molecule has 1 heterocycles. The van der Waals surface area contributed by atoms with Crippen molar-refractivity contribution in [1.29, 1.82) is 0 Å². The molecule has 4 rings (SSSR count). The summed E-state index contributed by atoms with van der Waals surface area (Å²) in [6.07, 6.45) is 5.90. The monoisotopic (exact) mass is 349 g/mol. The maximum absolute atomic E-state index is 12.5. The van der Waals surface area contributed by atoms with Crippen LogP contribution in [0.1, 0.15) is 27.0 Å². The van der Waals surface area contributed by atoms with Crippen LogP contribution in [0.5, 0.6) is 0 Å². The maximum Gasteiger partial charge on any atom is 0.173 e. The van der Waals surface area contributed by atoms with Gasteiger partial charge in [0.25, 0.3) is 0 Å². The van der Waals surface area contributed by atoms with Crippen LogP contribution in [-0.4, -0.2) is 5.78 Å². The Kier molecular flexibility index (Phi) is 5.30. The molecule has 1 atom stereocenters. The van der Waals surface area contributed by atoms with Crippen LogP contribution in [0.15, 0.2) is 79.1 Å². The lowest BCUT2D eigenvalue weighted by Gasteiger charge is -2.07. The smallest absolute Gasteiger partial charge is 0.173 e.